The van der Waals surface area contributed by atoms with Gasteiger partial charge in [-0.2, -0.15) is 0 Å². The molecule has 5 atom stereocenters. The summed E-state index contributed by atoms with van der Waals surface area (Å²) >= 11 is 0. The summed E-state index contributed by atoms with van der Waals surface area (Å²) in [6.45, 7) is 1.77. The lowest BCUT2D eigenvalue weighted by Crippen LogP contribution is -2.34. The molecule has 1 fully saturated rings. The number of esters is 1. The van der Waals surface area contributed by atoms with Gasteiger partial charge in [-0.05, 0) is 31.2 Å². The van der Waals surface area contributed by atoms with E-state index in [2.05, 4.69) is 4.98 Å². The van der Waals surface area contributed by atoms with Gasteiger partial charge in [0.05, 0.1) is 11.8 Å². The van der Waals surface area contributed by atoms with Crippen LogP contribution in [0.1, 0.15) is 25.0 Å². The first kappa shape index (κ1) is 13.8. The van der Waals surface area contributed by atoms with Gasteiger partial charge in [0, 0.05) is 18.0 Å². The fourth-order valence-corrected chi connectivity index (χ4v) is 3.42. The SMILES string of the molecule is C[C@@H](OC(=O)[C@H]1[C@@H](C(=O)O)[C@H]2C=C[C@H]1C2)c1cccnc1. The smallest absolute Gasteiger partial charge is 0.311 e. The highest BCUT2D eigenvalue weighted by Crippen LogP contribution is 2.48. The molecule has 2 aliphatic rings. The van der Waals surface area contributed by atoms with Crippen molar-refractivity contribution in [3.8, 4) is 0 Å². The number of fused-ring (bicyclic) bond motifs is 2. The molecule has 2 aliphatic carbocycles. The average Bonchev–Trinajstić information content (AvgIpc) is 3.08. The lowest BCUT2D eigenvalue weighted by Gasteiger charge is -2.24. The minimum absolute atomic E-state index is 0.00954. The maximum Gasteiger partial charge on any atom is 0.311 e. The van der Waals surface area contributed by atoms with E-state index in [-0.39, 0.29) is 11.8 Å². The molecular weight excluding hydrogens is 270 g/mol. The van der Waals surface area contributed by atoms with E-state index in [4.69, 9.17) is 4.74 Å². The number of aromatic nitrogens is 1. The topological polar surface area (TPSA) is 76.5 Å². The van der Waals surface area contributed by atoms with E-state index in [1.54, 1.807) is 25.4 Å². The standard InChI is InChI=1S/C16H17NO4/c1-9(12-3-2-6-17-8-12)21-16(20)14-11-5-4-10(7-11)13(14)15(18)19/h2-6,8-11,13-14H,7H2,1H3,(H,18,19)/t9-,10+,11+,13+,14-/m1/s1. The zero-order valence-electron chi connectivity index (χ0n) is 11.7. The first-order chi connectivity index (χ1) is 10.1. The number of rotatable bonds is 4. The van der Waals surface area contributed by atoms with E-state index in [0.717, 1.165) is 12.0 Å². The first-order valence-corrected chi connectivity index (χ1v) is 7.09. The molecule has 0 spiro atoms. The largest absolute Gasteiger partial charge is 0.481 e. The molecule has 0 amide bonds. The number of carbonyl (C=O) groups excluding carboxylic acids is 1. The van der Waals surface area contributed by atoms with Crippen molar-refractivity contribution < 1.29 is 19.4 Å². The van der Waals surface area contributed by atoms with Crippen molar-refractivity contribution in [1.82, 2.24) is 4.98 Å². The van der Waals surface area contributed by atoms with Crippen molar-refractivity contribution in [2.75, 3.05) is 0 Å². The number of hydrogen-bond acceptors (Lipinski definition) is 4. The summed E-state index contributed by atoms with van der Waals surface area (Å²) in [4.78, 5) is 27.8. The summed E-state index contributed by atoms with van der Waals surface area (Å²) in [5, 5.41) is 9.35. The predicted octanol–water partition coefficient (Wildman–Crippen LogP) is 2.21. The predicted molar refractivity (Wildman–Crippen MR) is 74.1 cm³/mol. The molecule has 0 saturated heterocycles. The zero-order chi connectivity index (χ0) is 15.0. The monoisotopic (exact) mass is 287 g/mol. The summed E-state index contributed by atoms with van der Waals surface area (Å²) in [6, 6.07) is 3.61. The molecule has 5 nitrogen and oxygen atoms in total. The molecule has 0 aromatic carbocycles. The summed E-state index contributed by atoms with van der Waals surface area (Å²) in [6.07, 6.45) is 7.47. The Balaban J connectivity index is 1.73. The van der Waals surface area contributed by atoms with E-state index in [1.165, 1.54) is 0 Å². The molecule has 2 bridgehead atoms. The Morgan fingerprint density at radius 2 is 2.05 bits per heavy atom. The summed E-state index contributed by atoms with van der Waals surface area (Å²) in [7, 11) is 0. The number of carbonyl (C=O) groups is 2. The van der Waals surface area contributed by atoms with E-state index in [0.29, 0.717) is 0 Å². The molecule has 1 aromatic heterocycles. The van der Waals surface area contributed by atoms with Crippen molar-refractivity contribution in [3.63, 3.8) is 0 Å². The van der Waals surface area contributed by atoms with Gasteiger partial charge in [0.15, 0.2) is 0 Å². The first-order valence-electron chi connectivity index (χ1n) is 7.09. The lowest BCUT2D eigenvalue weighted by molar-refractivity contribution is -0.162. The number of hydrogen-bond donors (Lipinski definition) is 1. The Labute approximate surface area is 122 Å². The molecule has 3 rings (SSSR count). The molecule has 1 aromatic rings. The molecule has 0 unspecified atom stereocenters. The number of carboxylic acid groups (broad SMARTS) is 1. The molecule has 0 aliphatic heterocycles. The average molecular weight is 287 g/mol. The van der Waals surface area contributed by atoms with E-state index in [9.17, 15) is 14.7 Å². The quantitative estimate of drug-likeness (QED) is 0.678. The molecule has 110 valence electrons. The minimum atomic E-state index is -0.914. The van der Waals surface area contributed by atoms with Gasteiger partial charge in [0.1, 0.15) is 6.10 Å². The number of allylic oxidation sites excluding steroid dienone is 2. The Kier molecular flexibility index (Phi) is 3.49. The molecule has 1 N–H and O–H groups in total. The molecular formula is C16H17NO4. The van der Waals surface area contributed by atoms with Crippen molar-refractivity contribution in [1.29, 1.82) is 0 Å². The maximum absolute atomic E-state index is 12.4. The van der Waals surface area contributed by atoms with Gasteiger partial charge in [-0.15, -0.1) is 0 Å². The van der Waals surface area contributed by atoms with Gasteiger partial charge >= 0.3 is 11.9 Å². The second kappa shape index (κ2) is 5.31. The van der Waals surface area contributed by atoms with Crippen molar-refractivity contribution in [2.24, 2.45) is 23.7 Å². The molecule has 0 radical (unpaired) electrons. The van der Waals surface area contributed by atoms with Gasteiger partial charge < -0.3 is 9.84 Å². The minimum Gasteiger partial charge on any atom is -0.481 e. The van der Waals surface area contributed by atoms with Crippen LogP contribution in [0.2, 0.25) is 0 Å². The lowest BCUT2D eigenvalue weighted by atomic mass is 9.83. The summed E-state index contributed by atoms with van der Waals surface area (Å²) in [5.74, 6) is -2.62. The van der Waals surface area contributed by atoms with Crippen LogP contribution in [0.25, 0.3) is 0 Å². The van der Waals surface area contributed by atoms with Gasteiger partial charge in [-0.25, -0.2) is 0 Å². The summed E-state index contributed by atoms with van der Waals surface area (Å²) in [5.41, 5.74) is 0.802. The third-order valence-corrected chi connectivity index (χ3v) is 4.46. The second-order valence-corrected chi connectivity index (χ2v) is 5.70. The number of aliphatic carboxylic acids is 1. The normalized spacial score (nSPS) is 31.1. The van der Waals surface area contributed by atoms with Gasteiger partial charge in [-0.1, -0.05) is 18.2 Å². The molecule has 1 saturated carbocycles. The van der Waals surface area contributed by atoms with Crippen LogP contribution in [0, 0.1) is 23.7 Å². The number of carboxylic acids is 1. The number of nitrogens with zero attached hydrogens (tertiary/aromatic N) is 1. The van der Waals surface area contributed by atoms with Crippen LogP contribution in [0.3, 0.4) is 0 Å². The number of ether oxygens (including phenoxy) is 1. The van der Waals surface area contributed by atoms with E-state index < -0.39 is 29.9 Å². The van der Waals surface area contributed by atoms with Crippen LogP contribution in [0.5, 0.6) is 0 Å². The zero-order valence-corrected chi connectivity index (χ0v) is 11.7. The van der Waals surface area contributed by atoms with Crippen molar-refractivity contribution in [3.05, 3.63) is 42.2 Å². The third-order valence-electron chi connectivity index (χ3n) is 4.46. The molecule has 21 heavy (non-hydrogen) atoms. The molecule has 1 heterocycles. The van der Waals surface area contributed by atoms with Crippen LogP contribution in [0.15, 0.2) is 36.7 Å². The fourth-order valence-electron chi connectivity index (χ4n) is 3.42. The van der Waals surface area contributed by atoms with Crippen molar-refractivity contribution in [2.45, 2.75) is 19.4 Å². The Hall–Kier alpha value is -2.17. The second-order valence-electron chi connectivity index (χ2n) is 5.70. The highest BCUT2D eigenvalue weighted by Gasteiger charge is 2.52. The fraction of sp³-hybridized carbons (Fsp3) is 0.438. The Bertz CT molecular complexity index is 583. The van der Waals surface area contributed by atoms with Crippen LogP contribution >= 0.6 is 0 Å². The van der Waals surface area contributed by atoms with E-state index in [1.807, 2.05) is 18.2 Å². The Morgan fingerprint density at radius 3 is 2.67 bits per heavy atom. The summed E-state index contributed by atoms with van der Waals surface area (Å²) < 4.78 is 5.48. The van der Waals surface area contributed by atoms with Crippen LogP contribution in [-0.4, -0.2) is 22.0 Å². The highest BCUT2D eigenvalue weighted by molar-refractivity contribution is 5.83. The number of pyridine rings is 1. The van der Waals surface area contributed by atoms with Crippen LogP contribution in [0.4, 0.5) is 0 Å². The Morgan fingerprint density at radius 1 is 1.33 bits per heavy atom. The van der Waals surface area contributed by atoms with Gasteiger partial charge in [0.25, 0.3) is 0 Å². The van der Waals surface area contributed by atoms with Crippen LogP contribution < -0.4 is 0 Å². The maximum atomic E-state index is 12.4. The van der Waals surface area contributed by atoms with Crippen molar-refractivity contribution >= 4 is 11.9 Å². The third kappa shape index (κ3) is 2.44. The van der Waals surface area contributed by atoms with E-state index >= 15 is 0 Å². The van der Waals surface area contributed by atoms with Gasteiger partial charge in [-0.3, -0.25) is 14.6 Å². The highest BCUT2D eigenvalue weighted by atomic mass is 16.5. The van der Waals surface area contributed by atoms with Gasteiger partial charge in [0.2, 0.25) is 0 Å². The molecule has 5 heteroatoms. The van der Waals surface area contributed by atoms with Crippen LogP contribution in [-0.2, 0) is 14.3 Å².